The Labute approximate surface area is 138 Å². The summed E-state index contributed by atoms with van der Waals surface area (Å²) >= 11 is 0. The van der Waals surface area contributed by atoms with Gasteiger partial charge in [-0.25, -0.2) is 4.79 Å². The lowest BCUT2D eigenvalue weighted by Crippen LogP contribution is -2.50. The van der Waals surface area contributed by atoms with Crippen LogP contribution in [0.5, 0.6) is 0 Å². The zero-order chi connectivity index (χ0) is 17.4. The fourth-order valence-electron chi connectivity index (χ4n) is 3.26. The van der Waals surface area contributed by atoms with Crippen LogP contribution in [-0.4, -0.2) is 34.8 Å². The van der Waals surface area contributed by atoms with Crippen molar-refractivity contribution >= 4 is 17.8 Å². The van der Waals surface area contributed by atoms with E-state index in [0.717, 1.165) is 17.7 Å². The van der Waals surface area contributed by atoms with Crippen molar-refractivity contribution in [1.29, 1.82) is 5.26 Å². The van der Waals surface area contributed by atoms with Gasteiger partial charge in [0.1, 0.15) is 17.8 Å². The number of carbonyl (C=O) groups is 3. The summed E-state index contributed by atoms with van der Waals surface area (Å²) in [4.78, 5) is 37.8. The van der Waals surface area contributed by atoms with Crippen molar-refractivity contribution < 1.29 is 18.8 Å². The second-order valence-corrected chi connectivity index (χ2v) is 6.37. The smallest absolute Gasteiger partial charge is 0.325 e. The minimum absolute atomic E-state index is 0.299. The van der Waals surface area contributed by atoms with Crippen LogP contribution in [0.15, 0.2) is 22.8 Å². The van der Waals surface area contributed by atoms with Crippen LogP contribution in [0.3, 0.4) is 0 Å². The van der Waals surface area contributed by atoms with Crippen molar-refractivity contribution in [1.82, 2.24) is 15.5 Å². The normalized spacial score (nSPS) is 25.4. The van der Waals surface area contributed by atoms with E-state index in [-0.39, 0.29) is 0 Å². The maximum Gasteiger partial charge on any atom is 0.325 e. The van der Waals surface area contributed by atoms with Gasteiger partial charge < -0.3 is 15.1 Å². The standard InChI is InChI=1S/C16H18N4O4/c1-15(11-5-4-8-24-11)13(22)20(14(23)19-15)9-12(21)18-16(10-17)6-2-3-7-16/h4-5,8H,2-3,6-7,9H2,1H3,(H,18,21)(H,19,23)/t15-/m0/s1. The third-order valence-electron chi connectivity index (χ3n) is 4.64. The number of carbonyl (C=O) groups excluding carboxylic acids is 3. The van der Waals surface area contributed by atoms with Crippen LogP contribution in [0.25, 0.3) is 0 Å². The highest BCUT2D eigenvalue weighted by Crippen LogP contribution is 2.30. The lowest BCUT2D eigenvalue weighted by molar-refractivity contribution is -0.135. The van der Waals surface area contributed by atoms with Gasteiger partial charge in [0, 0.05) is 0 Å². The van der Waals surface area contributed by atoms with Gasteiger partial charge in [0.2, 0.25) is 5.91 Å². The third kappa shape index (κ3) is 2.52. The average molecular weight is 330 g/mol. The van der Waals surface area contributed by atoms with Crippen molar-refractivity contribution in [2.45, 2.75) is 43.7 Å². The summed E-state index contributed by atoms with van der Waals surface area (Å²) < 4.78 is 5.23. The van der Waals surface area contributed by atoms with Gasteiger partial charge in [-0.3, -0.25) is 14.5 Å². The zero-order valence-electron chi connectivity index (χ0n) is 13.3. The Bertz CT molecular complexity index is 715. The van der Waals surface area contributed by atoms with Crippen molar-refractivity contribution in [3.63, 3.8) is 0 Å². The fraction of sp³-hybridized carbons (Fsp3) is 0.500. The molecule has 1 saturated heterocycles. The van der Waals surface area contributed by atoms with E-state index < -0.39 is 35.5 Å². The zero-order valence-corrected chi connectivity index (χ0v) is 13.3. The summed E-state index contributed by atoms with van der Waals surface area (Å²) in [6.07, 6.45) is 4.31. The quantitative estimate of drug-likeness (QED) is 0.799. The Morgan fingerprint density at radius 2 is 2.17 bits per heavy atom. The van der Waals surface area contributed by atoms with E-state index in [1.54, 1.807) is 12.1 Å². The molecular weight excluding hydrogens is 312 g/mol. The average Bonchev–Trinajstić information content (AvgIpc) is 3.26. The van der Waals surface area contributed by atoms with Gasteiger partial charge in [0.25, 0.3) is 5.91 Å². The summed E-state index contributed by atoms with van der Waals surface area (Å²) in [6.45, 7) is 1.10. The van der Waals surface area contributed by atoms with Crippen LogP contribution in [0.4, 0.5) is 4.79 Å². The molecule has 0 aromatic carbocycles. The van der Waals surface area contributed by atoms with Crippen LogP contribution in [0, 0.1) is 11.3 Å². The molecule has 3 rings (SSSR count). The molecule has 0 radical (unpaired) electrons. The SMILES string of the molecule is C[C@@]1(c2ccco2)NC(=O)N(CC(=O)NC2(C#N)CCCC2)C1=O. The molecule has 1 aliphatic carbocycles. The van der Waals surface area contributed by atoms with E-state index in [1.807, 2.05) is 0 Å². The van der Waals surface area contributed by atoms with Gasteiger partial charge >= 0.3 is 6.03 Å². The van der Waals surface area contributed by atoms with E-state index >= 15 is 0 Å². The molecule has 0 spiro atoms. The molecule has 8 heteroatoms. The van der Waals surface area contributed by atoms with Crippen molar-refractivity contribution in [3.05, 3.63) is 24.2 Å². The second kappa shape index (κ2) is 5.67. The van der Waals surface area contributed by atoms with Gasteiger partial charge in [0.05, 0.1) is 12.3 Å². The number of furan rings is 1. The maximum absolute atomic E-state index is 12.6. The predicted octanol–water partition coefficient (Wildman–Crippen LogP) is 0.999. The lowest BCUT2D eigenvalue weighted by Gasteiger charge is -2.23. The molecule has 126 valence electrons. The van der Waals surface area contributed by atoms with Crippen LogP contribution in [0.2, 0.25) is 0 Å². The number of nitriles is 1. The summed E-state index contributed by atoms with van der Waals surface area (Å²) in [5, 5.41) is 14.5. The summed E-state index contributed by atoms with van der Waals surface area (Å²) in [7, 11) is 0. The first kappa shape index (κ1) is 16.1. The molecule has 0 unspecified atom stereocenters. The van der Waals surface area contributed by atoms with Crippen molar-refractivity contribution in [3.8, 4) is 6.07 Å². The highest BCUT2D eigenvalue weighted by atomic mass is 16.3. The monoisotopic (exact) mass is 330 g/mol. The van der Waals surface area contributed by atoms with Gasteiger partial charge in [-0.15, -0.1) is 0 Å². The Morgan fingerprint density at radius 1 is 1.46 bits per heavy atom. The van der Waals surface area contributed by atoms with E-state index in [2.05, 4.69) is 16.7 Å². The molecule has 4 amide bonds. The third-order valence-corrected chi connectivity index (χ3v) is 4.64. The molecule has 0 bridgehead atoms. The van der Waals surface area contributed by atoms with Gasteiger partial charge in [-0.05, 0) is 44.7 Å². The molecule has 1 aliphatic heterocycles. The molecule has 1 aromatic heterocycles. The van der Waals surface area contributed by atoms with Gasteiger partial charge in [-0.2, -0.15) is 5.26 Å². The highest BCUT2D eigenvalue weighted by Gasteiger charge is 2.51. The molecule has 8 nitrogen and oxygen atoms in total. The van der Waals surface area contributed by atoms with Crippen LogP contribution >= 0.6 is 0 Å². The number of hydrogen-bond donors (Lipinski definition) is 2. The molecule has 1 aromatic rings. The van der Waals surface area contributed by atoms with E-state index in [4.69, 9.17) is 4.42 Å². The van der Waals surface area contributed by atoms with E-state index in [1.165, 1.54) is 13.2 Å². The summed E-state index contributed by atoms with van der Waals surface area (Å²) in [6, 6.07) is 4.69. The molecule has 1 saturated carbocycles. The molecular formula is C16H18N4O4. The lowest BCUT2D eigenvalue weighted by atomic mass is 9.99. The Morgan fingerprint density at radius 3 is 2.75 bits per heavy atom. The van der Waals surface area contributed by atoms with Crippen molar-refractivity contribution in [2.24, 2.45) is 0 Å². The fourth-order valence-corrected chi connectivity index (χ4v) is 3.26. The number of nitrogens with zero attached hydrogens (tertiary/aromatic N) is 2. The first-order valence-electron chi connectivity index (χ1n) is 7.81. The second-order valence-electron chi connectivity index (χ2n) is 6.37. The predicted molar refractivity (Wildman–Crippen MR) is 81.3 cm³/mol. The topological polar surface area (TPSA) is 115 Å². The number of rotatable bonds is 4. The number of imide groups is 1. The number of nitrogens with one attached hydrogen (secondary N) is 2. The Hall–Kier alpha value is -2.82. The summed E-state index contributed by atoms with van der Waals surface area (Å²) in [5.41, 5.74) is -2.22. The molecule has 2 fully saturated rings. The van der Waals surface area contributed by atoms with Crippen LogP contribution < -0.4 is 10.6 Å². The number of urea groups is 1. The van der Waals surface area contributed by atoms with Crippen LogP contribution in [-0.2, 0) is 15.1 Å². The maximum atomic E-state index is 12.6. The molecule has 2 N–H and O–H groups in total. The van der Waals surface area contributed by atoms with Crippen molar-refractivity contribution in [2.75, 3.05) is 6.54 Å². The van der Waals surface area contributed by atoms with Crippen LogP contribution in [0.1, 0.15) is 38.4 Å². The Balaban J connectivity index is 1.71. The number of amides is 4. The van der Waals surface area contributed by atoms with Gasteiger partial charge in [0.15, 0.2) is 5.54 Å². The number of hydrogen-bond acceptors (Lipinski definition) is 5. The minimum Gasteiger partial charge on any atom is -0.466 e. The molecule has 2 aliphatic rings. The first-order chi connectivity index (χ1) is 11.4. The Kier molecular flexibility index (Phi) is 3.79. The van der Waals surface area contributed by atoms with Gasteiger partial charge in [-0.1, -0.05) is 0 Å². The first-order valence-corrected chi connectivity index (χ1v) is 7.81. The minimum atomic E-state index is -1.33. The molecule has 1 atom stereocenters. The molecule has 2 heterocycles. The van der Waals surface area contributed by atoms with E-state index in [9.17, 15) is 19.6 Å². The van der Waals surface area contributed by atoms with E-state index in [0.29, 0.717) is 18.6 Å². The molecule has 24 heavy (non-hydrogen) atoms. The summed E-state index contributed by atoms with van der Waals surface area (Å²) in [5.74, 6) is -0.784. The highest BCUT2D eigenvalue weighted by molar-refractivity contribution is 6.08. The largest absolute Gasteiger partial charge is 0.466 e.